The Morgan fingerprint density at radius 3 is 2.45 bits per heavy atom. The molecule has 9 heteroatoms. The lowest BCUT2D eigenvalue weighted by Crippen LogP contribution is -2.54. The normalized spacial score (nSPS) is 20.9. The number of carbonyl (C=O) groups is 1. The van der Waals surface area contributed by atoms with E-state index in [1.165, 1.54) is 34.0 Å². The number of carbonyl (C=O) groups excluding carboxylic acids is 1. The molecule has 2 fully saturated rings. The van der Waals surface area contributed by atoms with E-state index in [1.54, 1.807) is 11.3 Å². The first-order valence-electron chi connectivity index (χ1n) is 16.0. The van der Waals surface area contributed by atoms with Crippen LogP contribution in [0.5, 0.6) is 0 Å². The fraction of sp³-hybridized carbons (Fsp3) is 0.457. The van der Waals surface area contributed by atoms with E-state index in [1.807, 2.05) is 37.1 Å². The zero-order chi connectivity index (χ0) is 30.5. The van der Waals surface area contributed by atoms with E-state index in [9.17, 15) is 9.59 Å². The molecule has 7 rings (SSSR count). The maximum atomic E-state index is 14.0. The molecule has 0 atom stereocenters. The molecule has 0 spiro atoms. The van der Waals surface area contributed by atoms with Gasteiger partial charge in [-0.1, -0.05) is 18.2 Å². The third kappa shape index (κ3) is 5.20. The van der Waals surface area contributed by atoms with Crippen molar-refractivity contribution < 1.29 is 4.79 Å². The monoisotopic (exact) mass is 610 g/mol. The zero-order valence-electron chi connectivity index (χ0n) is 26.2. The largest absolute Gasteiger partial charge is 0.334 e. The topological polar surface area (TPSA) is 77.5 Å². The van der Waals surface area contributed by atoms with E-state index >= 15 is 0 Å². The Morgan fingerprint density at radius 2 is 1.75 bits per heavy atom. The first-order chi connectivity index (χ1) is 21.3. The molecule has 1 aliphatic carbocycles. The summed E-state index contributed by atoms with van der Waals surface area (Å²) in [5.41, 5.74) is 6.77. The first-order valence-corrected chi connectivity index (χ1v) is 16.8. The van der Waals surface area contributed by atoms with Crippen LogP contribution in [0.1, 0.15) is 74.9 Å². The van der Waals surface area contributed by atoms with Crippen molar-refractivity contribution in [3.63, 3.8) is 0 Å². The number of aromatic amines is 1. The summed E-state index contributed by atoms with van der Waals surface area (Å²) in [4.78, 5) is 37.9. The third-order valence-corrected chi connectivity index (χ3v) is 11.4. The average molecular weight is 611 g/mol. The molecule has 8 nitrogen and oxygen atoms in total. The van der Waals surface area contributed by atoms with Gasteiger partial charge in [-0.3, -0.25) is 19.2 Å². The summed E-state index contributed by atoms with van der Waals surface area (Å²) in [6.07, 6.45) is 9.38. The lowest BCUT2D eigenvalue weighted by atomic mass is 9.86. The Bertz CT molecular complexity index is 1730. The minimum absolute atomic E-state index is 0.0450. The second kappa shape index (κ2) is 11.7. The highest BCUT2D eigenvalue weighted by atomic mass is 32.1. The lowest BCUT2D eigenvalue weighted by Gasteiger charge is -2.48. The van der Waals surface area contributed by atoms with Crippen molar-refractivity contribution >= 4 is 27.9 Å². The molecule has 5 heterocycles. The molecule has 44 heavy (non-hydrogen) atoms. The van der Waals surface area contributed by atoms with Crippen LogP contribution in [0, 0.1) is 27.7 Å². The maximum Gasteiger partial charge on any atom is 0.255 e. The summed E-state index contributed by atoms with van der Waals surface area (Å²) in [7, 11) is 0. The Balaban J connectivity index is 1.13. The maximum absolute atomic E-state index is 14.0. The highest BCUT2D eigenvalue weighted by Crippen LogP contribution is 2.46. The molecule has 4 aromatic rings. The number of nitrogens with one attached hydrogen (secondary N) is 1. The number of likely N-dealkylation sites (tertiary alicyclic amines) is 1. The molecular formula is C35H42N6O2S. The van der Waals surface area contributed by atoms with E-state index < -0.39 is 0 Å². The molecule has 1 aromatic carbocycles. The summed E-state index contributed by atoms with van der Waals surface area (Å²) < 4.78 is 2.10. The quantitative estimate of drug-likeness (QED) is 0.275. The van der Waals surface area contributed by atoms with Crippen LogP contribution in [0.15, 0.2) is 53.6 Å². The zero-order valence-corrected chi connectivity index (χ0v) is 27.0. The van der Waals surface area contributed by atoms with Crippen LogP contribution < -0.4 is 10.5 Å². The van der Waals surface area contributed by atoms with E-state index in [0.717, 1.165) is 54.7 Å². The van der Waals surface area contributed by atoms with Crippen LogP contribution in [0.4, 0.5) is 10.7 Å². The molecule has 1 saturated carbocycles. The minimum atomic E-state index is -0.0970. The van der Waals surface area contributed by atoms with Crippen LogP contribution in [0.2, 0.25) is 0 Å². The smallest absolute Gasteiger partial charge is 0.255 e. The van der Waals surface area contributed by atoms with Gasteiger partial charge in [0, 0.05) is 72.4 Å². The van der Waals surface area contributed by atoms with Crippen molar-refractivity contribution in [1.82, 2.24) is 24.6 Å². The first kappa shape index (κ1) is 29.0. The molecule has 2 aliphatic heterocycles. The van der Waals surface area contributed by atoms with E-state index in [2.05, 4.69) is 68.9 Å². The van der Waals surface area contributed by atoms with Crippen molar-refractivity contribution in [2.24, 2.45) is 0 Å². The number of hydrogen-bond donors (Lipinski definition) is 1. The number of fused-ring (bicyclic) bond motifs is 1. The molecule has 1 amide bonds. The number of thiophene rings is 1. The number of aryl methyl sites for hydroxylation is 3. The van der Waals surface area contributed by atoms with Crippen molar-refractivity contribution in [2.75, 3.05) is 24.5 Å². The van der Waals surface area contributed by atoms with Gasteiger partial charge in [0.1, 0.15) is 0 Å². The van der Waals surface area contributed by atoms with Gasteiger partial charge in [0.2, 0.25) is 0 Å². The SMILES string of the molecule is Cc1cc(C)c(CN2CCc3sc(N(c4ccccc4C)[C@H]4CC[C@H](N5CC(n6cccn6)C5)CC4)c(C)c3C2=O)c(=O)[nH]1. The van der Waals surface area contributed by atoms with Gasteiger partial charge < -0.3 is 14.8 Å². The molecule has 3 aliphatic rings. The summed E-state index contributed by atoms with van der Waals surface area (Å²) in [6.45, 7) is 11.3. The van der Waals surface area contributed by atoms with Crippen molar-refractivity contribution in [3.05, 3.63) is 97.5 Å². The van der Waals surface area contributed by atoms with Crippen LogP contribution in [0.3, 0.4) is 0 Å². The third-order valence-electron chi connectivity index (χ3n) is 10.1. The predicted molar refractivity (Wildman–Crippen MR) is 176 cm³/mol. The second-order valence-electron chi connectivity index (χ2n) is 13.0. The van der Waals surface area contributed by atoms with Gasteiger partial charge in [-0.15, -0.1) is 11.3 Å². The molecule has 0 radical (unpaired) electrons. The van der Waals surface area contributed by atoms with Crippen molar-refractivity contribution in [2.45, 2.75) is 84.5 Å². The van der Waals surface area contributed by atoms with Crippen molar-refractivity contribution in [3.8, 4) is 0 Å². The standard InChI is InChI=1S/C35H42N6O2S/c1-22-8-5-6-9-30(22)41(27-12-10-26(11-13-27)39-19-28(20-39)40-16-7-15-36-40)35-25(4)32-31(44-35)14-17-38(34(32)43)21-29-23(2)18-24(3)37-33(29)42/h5-9,15-16,18,26-28H,10-14,17,19-21H2,1-4H3,(H,37,42)/t26-,27-. The average Bonchev–Trinajstić information content (AvgIpc) is 3.62. The predicted octanol–water partition coefficient (Wildman–Crippen LogP) is 6.07. The number of pyridine rings is 1. The summed E-state index contributed by atoms with van der Waals surface area (Å²) >= 11 is 1.80. The highest BCUT2D eigenvalue weighted by Gasteiger charge is 2.39. The number of aromatic nitrogens is 3. The van der Waals surface area contributed by atoms with E-state index in [0.29, 0.717) is 36.8 Å². The number of nitrogens with zero attached hydrogens (tertiary/aromatic N) is 5. The molecule has 230 valence electrons. The van der Waals surface area contributed by atoms with E-state index in [4.69, 9.17) is 0 Å². The molecule has 3 aromatic heterocycles. The van der Waals surface area contributed by atoms with Gasteiger partial charge in [-0.25, -0.2) is 0 Å². The Kier molecular flexibility index (Phi) is 7.70. The molecule has 1 N–H and O–H groups in total. The van der Waals surface area contributed by atoms with Gasteiger partial charge >= 0.3 is 0 Å². The van der Waals surface area contributed by atoms with Gasteiger partial charge in [0.25, 0.3) is 11.5 Å². The van der Waals surface area contributed by atoms with Crippen LogP contribution in [0.25, 0.3) is 0 Å². The van der Waals surface area contributed by atoms with Crippen LogP contribution in [-0.4, -0.2) is 62.2 Å². The number of H-pyrrole nitrogens is 1. The Morgan fingerprint density at radius 1 is 0.977 bits per heavy atom. The highest BCUT2D eigenvalue weighted by molar-refractivity contribution is 7.16. The number of hydrogen-bond acceptors (Lipinski definition) is 6. The van der Waals surface area contributed by atoms with Gasteiger partial charge in [-0.2, -0.15) is 5.10 Å². The second-order valence-corrected chi connectivity index (χ2v) is 14.0. The summed E-state index contributed by atoms with van der Waals surface area (Å²) in [5.74, 6) is 0.0450. The number of anilines is 2. The van der Waals surface area contributed by atoms with Gasteiger partial charge in [0.15, 0.2) is 0 Å². The van der Waals surface area contributed by atoms with Crippen molar-refractivity contribution in [1.29, 1.82) is 0 Å². The lowest BCUT2D eigenvalue weighted by molar-refractivity contribution is 0.0338. The van der Waals surface area contributed by atoms with Crippen LogP contribution in [-0.2, 0) is 13.0 Å². The van der Waals surface area contributed by atoms with Gasteiger partial charge in [0.05, 0.1) is 23.2 Å². The number of para-hydroxylation sites is 1. The molecule has 1 saturated heterocycles. The fourth-order valence-electron chi connectivity index (χ4n) is 7.60. The molecule has 0 bridgehead atoms. The number of amides is 1. The minimum Gasteiger partial charge on any atom is -0.334 e. The summed E-state index contributed by atoms with van der Waals surface area (Å²) in [5, 5.41) is 5.65. The van der Waals surface area contributed by atoms with Gasteiger partial charge in [-0.05, 0) is 88.3 Å². The Hall–Kier alpha value is -3.69. The summed E-state index contributed by atoms with van der Waals surface area (Å²) in [6, 6.07) is 14.2. The van der Waals surface area contributed by atoms with E-state index in [-0.39, 0.29) is 11.5 Å². The Labute approximate surface area is 263 Å². The molecular weight excluding hydrogens is 568 g/mol. The number of rotatable bonds is 7. The fourth-order valence-corrected chi connectivity index (χ4v) is 8.97. The van der Waals surface area contributed by atoms with Crippen LogP contribution >= 0.6 is 11.3 Å². The number of benzene rings is 1. The molecule has 0 unspecified atom stereocenters.